The molecule has 15 heavy (non-hydrogen) atoms. The average Bonchev–Trinajstić information content (AvgIpc) is 2.25. The van der Waals surface area contributed by atoms with Crippen LogP contribution in [0.5, 0.6) is 0 Å². The molecule has 0 aliphatic heterocycles. The molecule has 0 aliphatic carbocycles. The predicted molar refractivity (Wildman–Crippen MR) is 71.9 cm³/mol. The summed E-state index contributed by atoms with van der Waals surface area (Å²) in [6.45, 7) is 4.05. The van der Waals surface area contributed by atoms with Crippen LogP contribution < -0.4 is 0 Å². The smallest absolute Gasteiger partial charge is 0.00802 e. The Morgan fingerprint density at radius 3 is 2.33 bits per heavy atom. The molecule has 1 aromatic carbocycles. The van der Waals surface area contributed by atoms with E-state index in [1.165, 1.54) is 11.1 Å². The van der Waals surface area contributed by atoms with Gasteiger partial charge < -0.3 is 0 Å². The van der Waals surface area contributed by atoms with Crippen molar-refractivity contribution in [2.45, 2.75) is 13.8 Å². The van der Waals surface area contributed by atoms with Gasteiger partial charge in [-0.3, -0.25) is 0 Å². The van der Waals surface area contributed by atoms with E-state index in [0.29, 0.717) is 0 Å². The van der Waals surface area contributed by atoms with Crippen molar-refractivity contribution in [1.82, 2.24) is 0 Å². The molecule has 0 saturated heterocycles. The van der Waals surface area contributed by atoms with E-state index in [4.69, 9.17) is 0 Å². The van der Waals surface area contributed by atoms with E-state index >= 15 is 0 Å². The van der Waals surface area contributed by atoms with Gasteiger partial charge >= 0.3 is 0 Å². The first-order valence-corrected chi connectivity index (χ1v) is 5.75. The molecule has 0 nitrogen and oxygen atoms in total. The van der Waals surface area contributed by atoms with E-state index in [1.807, 2.05) is 19.9 Å². The summed E-state index contributed by atoms with van der Waals surface area (Å²) in [4.78, 5) is 0. The SMILES string of the molecule is C\C=C/C(=C\C=C(/C)Br)c1ccccc1. The lowest BCUT2D eigenvalue weighted by atomic mass is 10.1. The lowest BCUT2D eigenvalue weighted by Crippen LogP contribution is -1.78. The van der Waals surface area contributed by atoms with Gasteiger partial charge in [0, 0.05) is 0 Å². The Balaban J connectivity index is 3.04. The zero-order valence-corrected chi connectivity index (χ0v) is 10.7. The highest BCUT2D eigenvalue weighted by Crippen LogP contribution is 2.16. The maximum Gasteiger partial charge on any atom is -0.00802 e. The first kappa shape index (κ1) is 12.0. The Morgan fingerprint density at radius 2 is 1.80 bits per heavy atom. The van der Waals surface area contributed by atoms with Gasteiger partial charge in [-0.15, -0.1) is 0 Å². The standard InChI is InChI=1S/C14H15Br/c1-3-7-13(11-10-12(2)15)14-8-5-4-6-9-14/h3-11H,1-2H3/b7-3-,12-10+,13-11+. The average molecular weight is 263 g/mol. The number of halogens is 1. The van der Waals surface area contributed by atoms with Gasteiger partial charge in [0.15, 0.2) is 0 Å². The second kappa shape index (κ2) is 6.41. The highest BCUT2D eigenvalue weighted by molar-refractivity contribution is 9.11. The first-order chi connectivity index (χ1) is 7.24. The van der Waals surface area contributed by atoms with Crippen molar-refractivity contribution in [2.75, 3.05) is 0 Å². The fourth-order valence-electron chi connectivity index (χ4n) is 1.26. The van der Waals surface area contributed by atoms with E-state index in [9.17, 15) is 0 Å². The molecule has 0 saturated carbocycles. The van der Waals surface area contributed by atoms with Crippen LogP contribution in [-0.4, -0.2) is 0 Å². The van der Waals surface area contributed by atoms with Crippen LogP contribution in [0.1, 0.15) is 19.4 Å². The Morgan fingerprint density at radius 1 is 1.13 bits per heavy atom. The molecular formula is C14H15Br. The second-order valence-corrected chi connectivity index (χ2v) is 4.49. The monoisotopic (exact) mass is 262 g/mol. The highest BCUT2D eigenvalue weighted by Gasteiger charge is 1.94. The topological polar surface area (TPSA) is 0 Å². The van der Waals surface area contributed by atoms with E-state index in [2.05, 4.69) is 64.5 Å². The van der Waals surface area contributed by atoms with Crippen LogP contribution >= 0.6 is 15.9 Å². The van der Waals surface area contributed by atoms with Crippen molar-refractivity contribution >= 4 is 21.5 Å². The molecule has 0 spiro atoms. The molecular weight excluding hydrogens is 248 g/mol. The van der Waals surface area contributed by atoms with Crippen molar-refractivity contribution in [3.8, 4) is 0 Å². The molecule has 0 bridgehead atoms. The normalized spacial score (nSPS) is 13.5. The minimum absolute atomic E-state index is 1.13. The summed E-state index contributed by atoms with van der Waals surface area (Å²) in [6.07, 6.45) is 8.33. The fourth-order valence-corrected chi connectivity index (χ4v) is 1.39. The van der Waals surface area contributed by atoms with Gasteiger partial charge in [0.1, 0.15) is 0 Å². The Labute approximate surface area is 100 Å². The Bertz CT molecular complexity index is 379. The summed E-state index contributed by atoms with van der Waals surface area (Å²) in [7, 11) is 0. The molecule has 0 aromatic heterocycles. The zero-order chi connectivity index (χ0) is 11.1. The first-order valence-electron chi connectivity index (χ1n) is 4.96. The van der Waals surface area contributed by atoms with Crippen molar-refractivity contribution in [1.29, 1.82) is 0 Å². The van der Waals surface area contributed by atoms with E-state index in [0.717, 1.165) is 4.48 Å². The van der Waals surface area contributed by atoms with Gasteiger partial charge in [-0.05, 0) is 29.5 Å². The van der Waals surface area contributed by atoms with Crippen LogP contribution in [-0.2, 0) is 0 Å². The molecule has 0 aliphatic rings. The summed E-state index contributed by atoms with van der Waals surface area (Å²) in [6, 6.07) is 10.4. The second-order valence-electron chi connectivity index (χ2n) is 3.24. The van der Waals surface area contributed by atoms with Crippen LogP contribution in [0.25, 0.3) is 5.57 Å². The van der Waals surface area contributed by atoms with Gasteiger partial charge in [0.2, 0.25) is 0 Å². The molecule has 0 radical (unpaired) electrons. The highest BCUT2D eigenvalue weighted by atomic mass is 79.9. The van der Waals surface area contributed by atoms with Crippen molar-refractivity contribution in [3.05, 3.63) is 64.7 Å². The van der Waals surface area contributed by atoms with E-state index in [-0.39, 0.29) is 0 Å². The Hall–Kier alpha value is -1.08. The van der Waals surface area contributed by atoms with Crippen molar-refractivity contribution in [2.24, 2.45) is 0 Å². The third-order valence-corrected chi connectivity index (χ3v) is 2.21. The Kier molecular flexibility index (Phi) is 5.13. The summed E-state index contributed by atoms with van der Waals surface area (Å²) in [5, 5.41) is 0. The summed E-state index contributed by atoms with van der Waals surface area (Å²) >= 11 is 3.42. The molecule has 0 unspecified atom stereocenters. The molecule has 1 heteroatoms. The fraction of sp³-hybridized carbons (Fsp3) is 0.143. The molecule has 0 N–H and O–H groups in total. The summed E-state index contributed by atoms with van der Waals surface area (Å²) in [5.74, 6) is 0. The van der Waals surface area contributed by atoms with Gasteiger partial charge in [-0.2, -0.15) is 0 Å². The quantitative estimate of drug-likeness (QED) is 0.677. The molecule has 0 heterocycles. The maximum atomic E-state index is 3.42. The molecule has 1 rings (SSSR count). The van der Waals surface area contributed by atoms with Crippen molar-refractivity contribution in [3.63, 3.8) is 0 Å². The predicted octanol–water partition coefficient (Wildman–Crippen LogP) is 4.94. The summed E-state index contributed by atoms with van der Waals surface area (Å²) < 4.78 is 1.13. The number of benzene rings is 1. The summed E-state index contributed by atoms with van der Waals surface area (Å²) in [5.41, 5.74) is 2.46. The van der Waals surface area contributed by atoms with Gasteiger partial charge in [-0.1, -0.05) is 70.6 Å². The van der Waals surface area contributed by atoms with E-state index in [1.54, 1.807) is 0 Å². The minimum atomic E-state index is 1.13. The minimum Gasteiger partial charge on any atom is -0.0870 e. The van der Waals surface area contributed by atoms with Crippen LogP contribution in [0.15, 0.2) is 59.1 Å². The third kappa shape index (κ3) is 4.30. The lowest BCUT2D eigenvalue weighted by molar-refractivity contribution is 1.60. The molecule has 0 atom stereocenters. The van der Waals surface area contributed by atoms with Gasteiger partial charge in [0.25, 0.3) is 0 Å². The van der Waals surface area contributed by atoms with Crippen LogP contribution in [0.3, 0.4) is 0 Å². The number of allylic oxidation sites excluding steroid dienone is 6. The zero-order valence-electron chi connectivity index (χ0n) is 9.07. The number of hydrogen-bond donors (Lipinski definition) is 0. The van der Waals surface area contributed by atoms with Gasteiger partial charge in [-0.25, -0.2) is 0 Å². The number of rotatable bonds is 3. The maximum absolute atomic E-state index is 3.42. The molecule has 0 fully saturated rings. The van der Waals surface area contributed by atoms with Crippen LogP contribution in [0, 0.1) is 0 Å². The number of hydrogen-bond acceptors (Lipinski definition) is 0. The van der Waals surface area contributed by atoms with Crippen molar-refractivity contribution < 1.29 is 0 Å². The lowest BCUT2D eigenvalue weighted by Gasteiger charge is -2.00. The van der Waals surface area contributed by atoms with Gasteiger partial charge in [0.05, 0.1) is 0 Å². The third-order valence-electron chi connectivity index (χ3n) is 1.95. The van der Waals surface area contributed by atoms with Crippen LogP contribution in [0.2, 0.25) is 0 Å². The largest absolute Gasteiger partial charge is 0.0870 e. The molecule has 1 aromatic rings. The van der Waals surface area contributed by atoms with Crippen LogP contribution in [0.4, 0.5) is 0 Å². The van der Waals surface area contributed by atoms with E-state index < -0.39 is 0 Å². The molecule has 0 amide bonds. The molecule has 78 valence electrons.